The zero-order chi connectivity index (χ0) is 14.2. The third-order valence-corrected chi connectivity index (χ3v) is 2.38. The van der Waals surface area contributed by atoms with E-state index in [2.05, 4.69) is 14.5 Å². The van der Waals surface area contributed by atoms with Crippen LogP contribution in [0, 0.1) is 6.92 Å². The lowest BCUT2D eigenvalue weighted by Gasteiger charge is -2.09. The number of ether oxygens (including phenoxy) is 2. The summed E-state index contributed by atoms with van der Waals surface area (Å²) in [7, 11) is 1.18. The van der Waals surface area contributed by atoms with Crippen molar-refractivity contribution in [1.82, 2.24) is 9.38 Å². The fourth-order valence-electron chi connectivity index (χ4n) is 1.68. The molecular formula is C11H9F3N2O3. The Morgan fingerprint density at radius 2 is 2.05 bits per heavy atom. The monoisotopic (exact) mass is 274 g/mol. The minimum absolute atomic E-state index is 0.0603. The first kappa shape index (κ1) is 13.2. The second-order valence-corrected chi connectivity index (χ2v) is 3.68. The summed E-state index contributed by atoms with van der Waals surface area (Å²) in [6.07, 6.45) is -3.76. The Bertz CT molecular complexity index is 634. The smallest absolute Gasteiger partial charge is 0.464 e. The number of rotatable bonds is 2. The van der Waals surface area contributed by atoms with Crippen molar-refractivity contribution in [3.8, 4) is 5.75 Å². The van der Waals surface area contributed by atoms with Gasteiger partial charge in [-0.25, -0.2) is 9.78 Å². The molecule has 0 aliphatic rings. The fourth-order valence-corrected chi connectivity index (χ4v) is 1.68. The molecule has 0 spiro atoms. The summed E-state index contributed by atoms with van der Waals surface area (Å²) in [6.45, 7) is 1.56. The van der Waals surface area contributed by atoms with Crippen LogP contribution in [-0.4, -0.2) is 28.8 Å². The lowest BCUT2D eigenvalue weighted by atomic mass is 10.3. The molecule has 0 fully saturated rings. The van der Waals surface area contributed by atoms with E-state index in [4.69, 9.17) is 0 Å². The molecule has 0 aliphatic heterocycles. The number of imidazole rings is 1. The quantitative estimate of drug-likeness (QED) is 0.789. The van der Waals surface area contributed by atoms with Crippen LogP contribution in [0.25, 0.3) is 5.65 Å². The van der Waals surface area contributed by atoms with Gasteiger partial charge in [0.15, 0.2) is 5.69 Å². The minimum atomic E-state index is -4.80. The Morgan fingerprint density at radius 3 is 2.63 bits per heavy atom. The molecular weight excluding hydrogens is 265 g/mol. The summed E-state index contributed by atoms with van der Waals surface area (Å²) < 4.78 is 45.9. The van der Waals surface area contributed by atoms with Gasteiger partial charge in [-0.3, -0.25) is 4.40 Å². The summed E-state index contributed by atoms with van der Waals surface area (Å²) in [5, 5.41) is 0. The van der Waals surface area contributed by atoms with Crippen LogP contribution in [-0.2, 0) is 4.74 Å². The molecule has 102 valence electrons. The first-order valence-corrected chi connectivity index (χ1v) is 5.14. The van der Waals surface area contributed by atoms with E-state index < -0.39 is 18.1 Å². The van der Waals surface area contributed by atoms with Crippen molar-refractivity contribution in [3.05, 3.63) is 29.7 Å². The summed E-state index contributed by atoms with van der Waals surface area (Å²) in [5.41, 5.74) is 0.744. The topological polar surface area (TPSA) is 52.8 Å². The number of carbonyl (C=O) groups excluding carboxylic acids is 1. The molecule has 2 aromatic heterocycles. The number of esters is 1. The summed E-state index contributed by atoms with van der Waals surface area (Å²) >= 11 is 0. The maximum Gasteiger partial charge on any atom is 0.573 e. The molecule has 0 radical (unpaired) electrons. The lowest BCUT2D eigenvalue weighted by Crippen LogP contribution is -2.17. The van der Waals surface area contributed by atoms with E-state index in [-0.39, 0.29) is 5.69 Å². The maximum absolute atomic E-state index is 12.1. The predicted octanol–water partition coefficient (Wildman–Crippen LogP) is 2.33. The molecule has 2 heterocycles. The van der Waals surface area contributed by atoms with Gasteiger partial charge in [0.25, 0.3) is 0 Å². The normalized spacial score (nSPS) is 11.6. The van der Waals surface area contributed by atoms with Crippen molar-refractivity contribution in [3.63, 3.8) is 0 Å². The standard InChI is InChI=1S/C11H9F3N2O3/c1-6-9(10(17)18-2)16-5-7(19-11(12,13)14)3-4-8(16)15-6/h3-5H,1-2H3. The van der Waals surface area contributed by atoms with Crippen LogP contribution in [0.15, 0.2) is 18.3 Å². The van der Waals surface area contributed by atoms with Gasteiger partial charge in [0.1, 0.15) is 11.4 Å². The van der Waals surface area contributed by atoms with Gasteiger partial charge in [0.05, 0.1) is 19.0 Å². The predicted molar refractivity (Wildman–Crippen MR) is 58.0 cm³/mol. The molecule has 8 heteroatoms. The molecule has 0 amide bonds. The second kappa shape index (κ2) is 4.45. The number of aryl methyl sites for hydroxylation is 1. The molecule has 0 unspecified atom stereocenters. The number of nitrogens with zero attached hydrogens (tertiary/aromatic N) is 2. The average molecular weight is 274 g/mol. The highest BCUT2D eigenvalue weighted by Crippen LogP contribution is 2.24. The van der Waals surface area contributed by atoms with Crippen LogP contribution in [0.4, 0.5) is 13.2 Å². The van der Waals surface area contributed by atoms with Gasteiger partial charge in [-0.1, -0.05) is 0 Å². The third kappa shape index (κ3) is 2.61. The van der Waals surface area contributed by atoms with Crippen molar-refractivity contribution in [2.45, 2.75) is 13.3 Å². The summed E-state index contributed by atoms with van der Waals surface area (Å²) in [5.74, 6) is -1.13. The second-order valence-electron chi connectivity index (χ2n) is 3.68. The van der Waals surface area contributed by atoms with Crippen LogP contribution < -0.4 is 4.74 Å². The molecule has 0 atom stereocenters. The van der Waals surface area contributed by atoms with Gasteiger partial charge in [-0.2, -0.15) is 0 Å². The number of pyridine rings is 1. The van der Waals surface area contributed by atoms with Crippen molar-refractivity contribution < 1.29 is 27.4 Å². The molecule has 19 heavy (non-hydrogen) atoms. The first-order valence-electron chi connectivity index (χ1n) is 5.14. The molecule has 0 N–H and O–H groups in total. The number of carbonyl (C=O) groups is 1. The summed E-state index contributed by atoms with van der Waals surface area (Å²) in [6, 6.07) is 2.44. The maximum atomic E-state index is 12.1. The van der Waals surface area contributed by atoms with E-state index in [0.29, 0.717) is 11.3 Å². The highest BCUT2D eigenvalue weighted by atomic mass is 19.4. The molecule has 2 rings (SSSR count). The number of halogens is 3. The molecule has 0 aromatic carbocycles. The van der Waals surface area contributed by atoms with E-state index in [9.17, 15) is 18.0 Å². The molecule has 0 bridgehead atoms. The van der Waals surface area contributed by atoms with Crippen molar-refractivity contribution in [1.29, 1.82) is 0 Å². The van der Waals surface area contributed by atoms with Crippen molar-refractivity contribution >= 4 is 11.6 Å². The van der Waals surface area contributed by atoms with Crippen LogP contribution in [0.5, 0.6) is 5.75 Å². The van der Waals surface area contributed by atoms with E-state index in [0.717, 1.165) is 12.3 Å². The van der Waals surface area contributed by atoms with Crippen LogP contribution in [0.3, 0.4) is 0 Å². The summed E-state index contributed by atoms with van der Waals surface area (Å²) in [4.78, 5) is 15.6. The van der Waals surface area contributed by atoms with Gasteiger partial charge >= 0.3 is 12.3 Å². The van der Waals surface area contributed by atoms with Gasteiger partial charge in [0.2, 0.25) is 0 Å². The highest BCUT2D eigenvalue weighted by molar-refractivity contribution is 5.90. The van der Waals surface area contributed by atoms with Gasteiger partial charge in [0, 0.05) is 0 Å². The number of fused-ring (bicyclic) bond motifs is 1. The molecule has 0 saturated carbocycles. The Balaban J connectivity index is 2.54. The number of hydrogen-bond donors (Lipinski definition) is 0. The van der Waals surface area contributed by atoms with Gasteiger partial charge in [-0.15, -0.1) is 13.2 Å². The van der Waals surface area contributed by atoms with Crippen LogP contribution >= 0.6 is 0 Å². The number of hydrogen-bond acceptors (Lipinski definition) is 4. The molecule has 5 nitrogen and oxygen atoms in total. The Hall–Kier alpha value is -2.25. The first-order chi connectivity index (χ1) is 8.81. The van der Waals surface area contributed by atoms with E-state index >= 15 is 0 Å². The molecule has 0 aliphatic carbocycles. The van der Waals surface area contributed by atoms with Gasteiger partial charge in [-0.05, 0) is 19.1 Å². The number of aromatic nitrogens is 2. The van der Waals surface area contributed by atoms with Crippen LogP contribution in [0.2, 0.25) is 0 Å². The van der Waals surface area contributed by atoms with Crippen molar-refractivity contribution in [2.24, 2.45) is 0 Å². The third-order valence-electron chi connectivity index (χ3n) is 2.38. The Labute approximate surface area is 105 Å². The minimum Gasteiger partial charge on any atom is -0.464 e. The van der Waals surface area contributed by atoms with E-state index in [1.54, 1.807) is 6.92 Å². The average Bonchev–Trinajstić information content (AvgIpc) is 2.61. The van der Waals surface area contributed by atoms with Crippen LogP contribution in [0.1, 0.15) is 16.2 Å². The fraction of sp³-hybridized carbons (Fsp3) is 0.273. The Kier molecular flexibility index (Phi) is 3.09. The van der Waals surface area contributed by atoms with E-state index in [1.807, 2.05) is 0 Å². The molecule has 0 saturated heterocycles. The SMILES string of the molecule is COC(=O)c1c(C)nc2ccc(OC(F)(F)F)cn12. The Morgan fingerprint density at radius 1 is 1.37 bits per heavy atom. The zero-order valence-corrected chi connectivity index (χ0v) is 9.99. The van der Waals surface area contributed by atoms with Crippen molar-refractivity contribution in [2.75, 3.05) is 7.11 Å². The lowest BCUT2D eigenvalue weighted by molar-refractivity contribution is -0.274. The molecule has 2 aromatic rings. The van der Waals surface area contributed by atoms with E-state index in [1.165, 1.54) is 17.6 Å². The largest absolute Gasteiger partial charge is 0.573 e. The number of alkyl halides is 3. The highest BCUT2D eigenvalue weighted by Gasteiger charge is 2.31. The van der Waals surface area contributed by atoms with Gasteiger partial charge < -0.3 is 9.47 Å². The zero-order valence-electron chi connectivity index (χ0n) is 9.99. The number of methoxy groups -OCH3 is 1.